The highest BCUT2D eigenvalue weighted by Gasteiger charge is 2.16. The Kier molecular flexibility index (Phi) is 6.47. The fraction of sp³-hybridized carbons (Fsp3) is 0. The zero-order valence-electron chi connectivity index (χ0n) is 26.7. The van der Waals surface area contributed by atoms with Gasteiger partial charge in [-0.25, -0.2) is 0 Å². The smallest absolute Gasteiger partial charge is 0.0433 e. The van der Waals surface area contributed by atoms with E-state index in [-0.39, 0.29) is 0 Å². The van der Waals surface area contributed by atoms with E-state index in [4.69, 9.17) is 0 Å². The molecule has 10 rings (SSSR count). The molecule has 49 heavy (non-hydrogen) atoms. The van der Waals surface area contributed by atoms with Gasteiger partial charge in [0.15, 0.2) is 0 Å². The van der Waals surface area contributed by atoms with Crippen molar-refractivity contribution >= 4 is 63.8 Å². The molecule has 0 amide bonds. The van der Waals surface area contributed by atoms with Crippen LogP contribution in [0.4, 0.5) is 0 Å². The van der Waals surface area contributed by atoms with Crippen molar-refractivity contribution in [3.8, 4) is 44.5 Å². The molecular weight excluding hydrogens is 609 g/mol. The van der Waals surface area contributed by atoms with Crippen LogP contribution in [0, 0.1) is 0 Å². The molecule has 0 N–H and O–H groups in total. The SMILES string of the molecule is c1ccc(-c2cc3ccccc3cc2-c2ccc3c(c2)c(-c2ccccc2)cc2cc(-c4cccc5c4sc4ccccc45)ccc23)cc1. The molecule has 0 atom stereocenters. The summed E-state index contributed by atoms with van der Waals surface area (Å²) in [5.41, 5.74) is 9.98. The largest absolute Gasteiger partial charge is 0.135 e. The molecule has 10 aromatic rings. The Hall–Kier alpha value is -6.02. The highest BCUT2D eigenvalue weighted by molar-refractivity contribution is 7.26. The zero-order chi connectivity index (χ0) is 32.3. The molecular formula is C48H30S. The molecule has 1 aromatic heterocycles. The third-order valence-electron chi connectivity index (χ3n) is 10.0. The van der Waals surface area contributed by atoms with E-state index in [1.54, 1.807) is 0 Å². The summed E-state index contributed by atoms with van der Waals surface area (Å²) in [6, 6.07) is 67.0. The van der Waals surface area contributed by atoms with Gasteiger partial charge in [0.25, 0.3) is 0 Å². The van der Waals surface area contributed by atoms with Crippen LogP contribution >= 0.6 is 11.3 Å². The number of rotatable bonds is 4. The van der Waals surface area contributed by atoms with Gasteiger partial charge in [-0.1, -0.05) is 146 Å². The van der Waals surface area contributed by atoms with E-state index in [1.807, 2.05) is 11.3 Å². The van der Waals surface area contributed by atoms with Crippen LogP contribution < -0.4 is 0 Å². The molecule has 0 radical (unpaired) electrons. The standard InChI is InChI=1S/C48H30S/c1-3-12-31(13-4-1)43-27-33-16-7-8-17-34(33)28-45(43)36-23-25-40-38-24-22-35(26-37(38)30-44(46(40)29-36)32-14-5-2-6-15-32)39-19-11-20-42-41-18-9-10-21-47(41)49-48(39)42/h1-30H. The summed E-state index contributed by atoms with van der Waals surface area (Å²) in [6.45, 7) is 0. The van der Waals surface area contributed by atoms with Crippen LogP contribution in [-0.4, -0.2) is 0 Å². The van der Waals surface area contributed by atoms with Gasteiger partial charge in [0.1, 0.15) is 0 Å². The Morgan fingerprint density at radius 1 is 0.265 bits per heavy atom. The van der Waals surface area contributed by atoms with Crippen LogP contribution in [0.3, 0.4) is 0 Å². The predicted octanol–water partition coefficient (Wildman–Crippen LogP) is 14.2. The molecule has 0 spiro atoms. The van der Waals surface area contributed by atoms with Gasteiger partial charge in [-0.05, 0) is 113 Å². The fourth-order valence-corrected chi connectivity index (χ4v) is 8.90. The van der Waals surface area contributed by atoms with Crippen LogP contribution in [0.2, 0.25) is 0 Å². The number of benzene rings is 9. The van der Waals surface area contributed by atoms with Crippen LogP contribution in [0.25, 0.3) is 97.0 Å². The highest BCUT2D eigenvalue weighted by atomic mass is 32.1. The summed E-state index contributed by atoms with van der Waals surface area (Å²) in [7, 11) is 0. The maximum Gasteiger partial charge on any atom is 0.0433 e. The van der Waals surface area contributed by atoms with Crippen LogP contribution in [0.15, 0.2) is 182 Å². The first-order valence-electron chi connectivity index (χ1n) is 16.8. The Balaban J connectivity index is 1.21. The first kappa shape index (κ1) is 28.0. The molecule has 9 aromatic carbocycles. The average Bonchev–Trinajstić information content (AvgIpc) is 3.56. The minimum absolute atomic E-state index is 1.22. The summed E-state index contributed by atoms with van der Waals surface area (Å²) in [6.07, 6.45) is 0. The van der Waals surface area contributed by atoms with Gasteiger partial charge in [0, 0.05) is 20.2 Å². The summed E-state index contributed by atoms with van der Waals surface area (Å²) in [4.78, 5) is 0. The van der Waals surface area contributed by atoms with Crippen molar-refractivity contribution in [2.45, 2.75) is 0 Å². The molecule has 0 aliphatic carbocycles. The molecule has 0 fully saturated rings. The first-order chi connectivity index (χ1) is 24.3. The lowest BCUT2D eigenvalue weighted by Gasteiger charge is -2.16. The Morgan fingerprint density at radius 3 is 1.59 bits per heavy atom. The Bertz CT molecular complexity index is 2860. The minimum atomic E-state index is 1.22. The molecule has 0 aliphatic heterocycles. The van der Waals surface area contributed by atoms with Crippen molar-refractivity contribution in [2.75, 3.05) is 0 Å². The predicted molar refractivity (Wildman–Crippen MR) is 214 cm³/mol. The van der Waals surface area contributed by atoms with Crippen LogP contribution in [0.1, 0.15) is 0 Å². The normalized spacial score (nSPS) is 11.7. The third-order valence-corrected chi connectivity index (χ3v) is 11.3. The van der Waals surface area contributed by atoms with Gasteiger partial charge in [0.2, 0.25) is 0 Å². The van der Waals surface area contributed by atoms with E-state index in [2.05, 4.69) is 182 Å². The fourth-order valence-electron chi connectivity index (χ4n) is 7.66. The van der Waals surface area contributed by atoms with Gasteiger partial charge >= 0.3 is 0 Å². The summed E-state index contributed by atoms with van der Waals surface area (Å²) in [5.74, 6) is 0. The quantitative estimate of drug-likeness (QED) is 0.168. The monoisotopic (exact) mass is 638 g/mol. The van der Waals surface area contributed by atoms with E-state index in [0.717, 1.165) is 0 Å². The van der Waals surface area contributed by atoms with Crippen LogP contribution in [0.5, 0.6) is 0 Å². The highest BCUT2D eigenvalue weighted by Crippen LogP contribution is 2.44. The topological polar surface area (TPSA) is 0 Å². The van der Waals surface area contributed by atoms with Crippen molar-refractivity contribution < 1.29 is 0 Å². The molecule has 0 saturated carbocycles. The number of fused-ring (bicyclic) bond motifs is 7. The second kappa shape index (κ2) is 11.3. The average molecular weight is 639 g/mol. The molecule has 0 nitrogen and oxygen atoms in total. The van der Waals surface area contributed by atoms with Crippen molar-refractivity contribution in [1.82, 2.24) is 0 Å². The number of thiophene rings is 1. The molecule has 0 saturated heterocycles. The number of hydrogen-bond acceptors (Lipinski definition) is 1. The summed E-state index contributed by atoms with van der Waals surface area (Å²) >= 11 is 1.89. The van der Waals surface area contributed by atoms with Gasteiger partial charge in [0.05, 0.1) is 0 Å². The summed E-state index contributed by atoms with van der Waals surface area (Å²) in [5, 5.41) is 10.2. The lowest BCUT2D eigenvalue weighted by Crippen LogP contribution is -1.90. The second-order valence-corrected chi connectivity index (χ2v) is 13.9. The van der Waals surface area contributed by atoms with E-state index >= 15 is 0 Å². The Morgan fingerprint density at radius 2 is 0.837 bits per heavy atom. The van der Waals surface area contributed by atoms with Gasteiger partial charge in [-0.15, -0.1) is 11.3 Å². The van der Waals surface area contributed by atoms with Crippen molar-refractivity contribution in [3.63, 3.8) is 0 Å². The minimum Gasteiger partial charge on any atom is -0.135 e. The summed E-state index contributed by atoms with van der Waals surface area (Å²) < 4.78 is 2.68. The van der Waals surface area contributed by atoms with E-state index in [0.29, 0.717) is 0 Å². The second-order valence-electron chi connectivity index (χ2n) is 12.9. The molecule has 0 bridgehead atoms. The van der Waals surface area contributed by atoms with E-state index in [1.165, 1.54) is 97.0 Å². The van der Waals surface area contributed by atoms with Gasteiger partial charge in [-0.3, -0.25) is 0 Å². The lowest BCUT2D eigenvalue weighted by atomic mass is 9.87. The Labute approximate surface area is 289 Å². The molecule has 228 valence electrons. The maximum absolute atomic E-state index is 2.42. The zero-order valence-corrected chi connectivity index (χ0v) is 27.5. The maximum atomic E-state index is 2.42. The molecule has 1 heteroatoms. The third kappa shape index (κ3) is 4.66. The lowest BCUT2D eigenvalue weighted by molar-refractivity contribution is 1.61. The van der Waals surface area contributed by atoms with Crippen molar-refractivity contribution in [3.05, 3.63) is 182 Å². The molecule has 0 unspecified atom stereocenters. The van der Waals surface area contributed by atoms with Gasteiger partial charge in [-0.2, -0.15) is 0 Å². The van der Waals surface area contributed by atoms with Gasteiger partial charge < -0.3 is 0 Å². The van der Waals surface area contributed by atoms with E-state index in [9.17, 15) is 0 Å². The number of hydrogen-bond donors (Lipinski definition) is 0. The molecule has 1 heterocycles. The first-order valence-corrected chi connectivity index (χ1v) is 17.7. The van der Waals surface area contributed by atoms with E-state index < -0.39 is 0 Å². The van der Waals surface area contributed by atoms with Crippen molar-refractivity contribution in [2.24, 2.45) is 0 Å². The van der Waals surface area contributed by atoms with Crippen LogP contribution in [-0.2, 0) is 0 Å². The molecule has 0 aliphatic rings. The van der Waals surface area contributed by atoms with Crippen molar-refractivity contribution in [1.29, 1.82) is 0 Å².